The number of nitrogens with zero attached hydrogens (tertiary/aromatic N) is 2. The Morgan fingerprint density at radius 1 is 0.806 bits per heavy atom. The summed E-state index contributed by atoms with van der Waals surface area (Å²) in [7, 11) is -8.73. The Kier molecular flexibility index (Phi) is 5.82. The number of hydrogen-bond acceptors (Lipinski definition) is 9. The van der Waals surface area contributed by atoms with E-state index in [-0.39, 0.29) is 32.8 Å². The summed E-state index contributed by atoms with van der Waals surface area (Å²) in [5.74, 6) is -0.107. The van der Waals surface area contributed by atoms with Crippen molar-refractivity contribution in [2.75, 3.05) is 10.6 Å². The van der Waals surface area contributed by atoms with Crippen LogP contribution >= 0.6 is 0 Å². The van der Waals surface area contributed by atoms with Crippen molar-refractivity contribution in [2.45, 2.75) is 23.6 Å². The second-order valence-electron chi connectivity index (χ2n) is 6.49. The van der Waals surface area contributed by atoms with Crippen LogP contribution in [0.25, 0.3) is 0 Å². The van der Waals surface area contributed by atoms with Gasteiger partial charge >= 0.3 is 5.69 Å². The molecule has 0 aliphatic carbocycles. The quantitative estimate of drug-likeness (QED) is 0.332. The molecule has 0 aliphatic heterocycles. The zero-order valence-electron chi connectivity index (χ0n) is 16.1. The molecule has 2 aromatic carbocycles. The van der Waals surface area contributed by atoms with E-state index in [4.69, 9.17) is 0 Å². The highest BCUT2D eigenvalue weighted by atomic mass is 32.2. The fraction of sp³-hybridized carbons (Fsp3) is 0.118. The van der Waals surface area contributed by atoms with Crippen LogP contribution in [0, 0.1) is 13.8 Å². The molecule has 0 bridgehead atoms. The lowest BCUT2D eigenvalue weighted by Gasteiger charge is -2.10. The summed E-state index contributed by atoms with van der Waals surface area (Å²) in [6.07, 6.45) is 0. The molecule has 0 aliphatic rings. The van der Waals surface area contributed by atoms with Crippen molar-refractivity contribution < 1.29 is 25.9 Å². The molecule has 0 spiro atoms. The third-order valence-electron chi connectivity index (χ3n) is 4.08. The van der Waals surface area contributed by atoms with Crippen LogP contribution in [0.15, 0.2) is 51.0 Å². The molecule has 0 atom stereocenters. The van der Waals surface area contributed by atoms with Crippen LogP contribution in [0.1, 0.15) is 11.1 Å². The van der Waals surface area contributed by atoms with Gasteiger partial charge < -0.3 is 10.6 Å². The zero-order valence-corrected chi connectivity index (χ0v) is 17.7. The number of anilines is 4. The lowest BCUT2D eigenvalue weighted by molar-refractivity contribution is 0.480. The average Bonchev–Trinajstić information content (AvgIpc) is 2.59. The molecular formula is C17H17N5O7S2. The minimum Gasteiger partial charge on any atom is -0.326 e. The maximum absolute atomic E-state index is 11.9. The standard InChI is InChI=1S/C17H17N5O7S2/c1-9-7-11(3-5-13(9)30(24,25)26)18-15-20-16(22-17(23)21-15)19-12-4-6-14(10(2)8-12)31(27,28)29/h3-8H,1-2H3,(H,24,25,26)(H,27,28,29)(H3,18,19,20,21,22,23). The molecule has 12 nitrogen and oxygen atoms in total. The van der Waals surface area contributed by atoms with E-state index in [1.165, 1.54) is 50.2 Å². The molecule has 14 heteroatoms. The maximum atomic E-state index is 11.9. The Labute approximate surface area is 176 Å². The van der Waals surface area contributed by atoms with Gasteiger partial charge in [-0.3, -0.25) is 14.1 Å². The number of H-pyrrole nitrogens is 1. The highest BCUT2D eigenvalue weighted by molar-refractivity contribution is 7.86. The van der Waals surface area contributed by atoms with Gasteiger partial charge in [0, 0.05) is 11.4 Å². The minimum absolute atomic E-state index is 0.00668. The van der Waals surface area contributed by atoms with E-state index in [1.807, 2.05) is 0 Å². The van der Waals surface area contributed by atoms with E-state index < -0.39 is 25.9 Å². The summed E-state index contributed by atoms with van der Waals surface area (Å²) in [5, 5.41) is 5.56. The van der Waals surface area contributed by atoms with Gasteiger partial charge in [-0.05, 0) is 61.4 Å². The molecule has 3 aromatic rings. The highest BCUT2D eigenvalue weighted by Gasteiger charge is 2.15. The van der Waals surface area contributed by atoms with Crippen molar-refractivity contribution >= 4 is 43.5 Å². The number of benzene rings is 2. The van der Waals surface area contributed by atoms with Gasteiger partial charge in [0.2, 0.25) is 11.9 Å². The topological polar surface area (TPSA) is 191 Å². The molecule has 0 saturated carbocycles. The van der Waals surface area contributed by atoms with E-state index in [0.29, 0.717) is 11.4 Å². The van der Waals surface area contributed by atoms with Gasteiger partial charge in [0.25, 0.3) is 20.2 Å². The first-order chi connectivity index (χ1) is 14.3. The van der Waals surface area contributed by atoms with Crippen LogP contribution in [0.5, 0.6) is 0 Å². The maximum Gasteiger partial charge on any atom is 0.351 e. The summed E-state index contributed by atoms with van der Waals surface area (Å²) in [5.41, 5.74) is 0.563. The first kappa shape index (κ1) is 22.4. The lowest BCUT2D eigenvalue weighted by Crippen LogP contribution is -2.16. The second kappa shape index (κ2) is 8.07. The van der Waals surface area contributed by atoms with Gasteiger partial charge in [-0.1, -0.05) is 0 Å². The minimum atomic E-state index is -4.36. The number of rotatable bonds is 6. The molecule has 1 heterocycles. The summed E-state index contributed by atoms with van der Waals surface area (Å²) >= 11 is 0. The van der Waals surface area contributed by atoms with Crippen molar-refractivity contribution in [3.05, 3.63) is 58.0 Å². The van der Waals surface area contributed by atoms with E-state index in [0.717, 1.165) is 0 Å². The predicted octanol–water partition coefficient (Wildman–Crippen LogP) is 1.76. The fourth-order valence-electron chi connectivity index (χ4n) is 2.80. The fourth-order valence-corrected chi connectivity index (χ4v) is 4.21. The van der Waals surface area contributed by atoms with Crippen LogP contribution in [0.4, 0.5) is 23.3 Å². The summed E-state index contributed by atoms with van der Waals surface area (Å²) in [4.78, 5) is 21.5. The van der Waals surface area contributed by atoms with Gasteiger partial charge in [0.15, 0.2) is 0 Å². The molecule has 0 radical (unpaired) electrons. The second-order valence-corrected chi connectivity index (χ2v) is 9.27. The van der Waals surface area contributed by atoms with Crippen molar-refractivity contribution in [1.82, 2.24) is 15.0 Å². The van der Waals surface area contributed by atoms with Crippen LogP contribution in [-0.4, -0.2) is 40.9 Å². The van der Waals surface area contributed by atoms with Crippen LogP contribution < -0.4 is 16.3 Å². The van der Waals surface area contributed by atoms with Gasteiger partial charge in [-0.25, -0.2) is 4.79 Å². The number of aromatic amines is 1. The largest absolute Gasteiger partial charge is 0.351 e. The Hall–Kier alpha value is -3.33. The van der Waals surface area contributed by atoms with E-state index in [2.05, 4.69) is 25.6 Å². The first-order valence-electron chi connectivity index (χ1n) is 8.51. The van der Waals surface area contributed by atoms with Crippen molar-refractivity contribution in [1.29, 1.82) is 0 Å². The third kappa shape index (κ3) is 5.43. The molecule has 5 N–H and O–H groups in total. The molecular weight excluding hydrogens is 450 g/mol. The Morgan fingerprint density at radius 3 is 1.74 bits per heavy atom. The van der Waals surface area contributed by atoms with Crippen molar-refractivity contribution in [2.24, 2.45) is 0 Å². The van der Waals surface area contributed by atoms with E-state index in [1.54, 1.807) is 0 Å². The summed E-state index contributed by atoms with van der Waals surface area (Å²) in [6.45, 7) is 2.97. The van der Waals surface area contributed by atoms with Gasteiger partial charge in [-0.2, -0.15) is 26.8 Å². The van der Waals surface area contributed by atoms with Gasteiger partial charge in [0.05, 0.1) is 9.79 Å². The van der Waals surface area contributed by atoms with Crippen LogP contribution in [0.3, 0.4) is 0 Å². The third-order valence-corrected chi connectivity index (χ3v) is 6.10. The average molecular weight is 467 g/mol. The molecule has 0 saturated heterocycles. The monoisotopic (exact) mass is 467 g/mol. The lowest BCUT2D eigenvalue weighted by atomic mass is 10.2. The molecule has 31 heavy (non-hydrogen) atoms. The van der Waals surface area contributed by atoms with Crippen molar-refractivity contribution in [3.63, 3.8) is 0 Å². The number of nitrogens with one attached hydrogen (secondary N) is 3. The van der Waals surface area contributed by atoms with E-state index >= 15 is 0 Å². The number of hydrogen-bond donors (Lipinski definition) is 5. The number of aromatic nitrogens is 3. The Balaban J connectivity index is 1.87. The van der Waals surface area contributed by atoms with Gasteiger partial charge in [-0.15, -0.1) is 0 Å². The van der Waals surface area contributed by atoms with E-state index in [9.17, 15) is 30.7 Å². The van der Waals surface area contributed by atoms with Crippen molar-refractivity contribution in [3.8, 4) is 0 Å². The molecule has 0 fully saturated rings. The van der Waals surface area contributed by atoms with Crippen LogP contribution in [-0.2, 0) is 20.2 Å². The molecule has 164 valence electrons. The highest BCUT2D eigenvalue weighted by Crippen LogP contribution is 2.23. The molecule has 3 rings (SSSR count). The predicted molar refractivity (Wildman–Crippen MR) is 111 cm³/mol. The van der Waals surface area contributed by atoms with Crippen LogP contribution in [0.2, 0.25) is 0 Å². The molecule has 1 aromatic heterocycles. The molecule has 0 amide bonds. The molecule has 0 unspecified atom stereocenters. The zero-order chi connectivity index (χ0) is 23.0. The number of aryl methyl sites for hydroxylation is 2. The van der Waals surface area contributed by atoms with Gasteiger partial charge in [0.1, 0.15) is 0 Å². The smallest absolute Gasteiger partial charge is 0.326 e. The summed E-state index contributed by atoms with van der Waals surface area (Å²) in [6, 6.07) is 8.00. The normalized spacial score (nSPS) is 11.9. The Bertz CT molecular complexity index is 1330. The summed E-state index contributed by atoms with van der Waals surface area (Å²) < 4.78 is 63.5. The Morgan fingerprint density at radius 2 is 1.29 bits per heavy atom. The first-order valence-corrected chi connectivity index (χ1v) is 11.4. The SMILES string of the molecule is Cc1cc(Nc2nc(Nc3ccc(S(=O)(=O)O)c(C)c3)[nH]c(=O)n2)ccc1S(=O)(=O)O.